The van der Waals surface area contributed by atoms with Gasteiger partial charge in [0.05, 0.1) is 0 Å². The minimum absolute atomic E-state index is 0.0959. The van der Waals surface area contributed by atoms with Gasteiger partial charge in [0.2, 0.25) is 0 Å². The zero-order valence-corrected chi connectivity index (χ0v) is 15.9. The lowest BCUT2D eigenvalue weighted by atomic mass is 9.95. The standard InChI is InChI=1S/C20H24N2O3S/c1-13-9-17(15-6-4-8-21-12-15)25-20(24)18(13)19(23)22-11-14-5-3-7-16(10-14)26-2/h3,5,7,9-10,15,21H,4,6,8,11-12H2,1-2H3,(H,22,23). The molecule has 1 aromatic carbocycles. The van der Waals surface area contributed by atoms with Crippen molar-refractivity contribution in [3.63, 3.8) is 0 Å². The second-order valence-electron chi connectivity index (χ2n) is 6.57. The highest BCUT2D eigenvalue weighted by Crippen LogP contribution is 2.23. The van der Waals surface area contributed by atoms with E-state index >= 15 is 0 Å². The smallest absolute Gasteiger partial charge is 0.349 e. The van der Waals surface area contributed by atoms with Crippen LogP contribution in [0, 0.1) is 6.92 Å². The molecule has 1 saturated heterocycles. The van der Waals surface area contributed by atoms with Gasteiger partial charge in [-0.15, -0.1) is 11.8 Å². The molecule has 1 atom stereocenters. The molecule has 1 fully saturated rings. The molecule has 138 valence electrons. The molecule has 3 rings (SSSR count). The van der Waals surface area contributed by atoms with Gasteiger partial charge in [0, 0.05) is 23.9 Å². The maximum Gasteiger partial charge on any atom is 0.349 e. The summed E-state index contributed by atoms with van der Waals surface area (Å²) < 4.78 is 5.48. The molecule has 0 saturated carbocycles. The van der Waals surface area contributed by atoms with Crippen LogP contribution in [0.15, 0.2) is 44.4 Å². The molecular formula is C20H24N2O3S. The number of aryl methyl sites for hydroxylation is 1. The van der Waals surface area contributed by atoms with Crippen molar-refractivity contribution >= 4 is 17.7 Å². The molecule has 5 nitrogen and oxygen atoms in total. The van der Waals surface area contributed by atoms with Crippen molar-refractivity contribution in [3.8, 4) is 0 Å². The molecule has 0 radical (unpaired) electrons. The molecule has 2 N–H and O–H groups in total. The van der Waals surface area contributed by atoms with Gasteiger partial charge in [-0.2, -0.15) is 0 Å². The Labute approximate surface area is 157 Å². The summed E-state index contributed by atoms with van der Waals surface area (Å²) >= 11 is 1.65. The van der Waals surface area contributed by atoms with E-state index in [-0.39, 0.29) is 17.4 Å². The van der Waals surface area contributed by atoms with Crippen LogP contribution in [-0.2, 0) is 6.54 Å². The minimum Gasteiger partial charge on any atom is -0.427 e. The minimum atomic E-state index is -0.555. The molecule has 0 aliphatic carbocycles. The van der Waals surface area contributed by atoms with E-state index in [9.17, 15) is 9.59 Å². The van der Waals surface area contributed by atoms with Crippen LogP contribution in [0.3, 0.4) is 0 Å². The Kier molecular flexibility index (Phi) is 6.16. The Bertz CT molecular complexity index is 841. The quantitative estimate of drug-likeness (QED) is 0.790. The van der Waals surface area contributed by atoms with E-state index in [1.807, 2.05) is 36.6 Å². The van der Waals surface area contributed by atoms with Gasteiger partial charge in [-0.1, -0.05) is 12.1 Å². The van der Waals surface area contributed by atoms with E-state index in [0.29, 0.717) is 17.9 Å². The third-order valence-corrected chi connectivity index (χ3v) is 5.41. The van der Waals surface area contributed by atoms with Crippen molar-refractivity contribution < 1.29 is 9.21 Å². The number of nitrogens with one attached hydrogen (secondary N) is 2. The van der Waals surface area contributed by atoms with Crippen LogP contribution < -0.4 is 16.3 Å². The predicted octanol–water partition coefficient (Wildman–Crippen LogP) is 3.07. The molecule has 2 heterocycles. The molecule has 0 bridgehead atoms. The Morgan fingerprint density at radius 1 is 1.38 bits per heavy atom. The summed E-state index contributed by atoms with van der Waals surface area (Å²) in [5.41, 5.74) is 1.20. The Morgan fingerprint density at radius 3 is 2.92 bits per heavy atom. The summed E-state index contributed by atoms with van der Waals surface area (Å²) in [7, 11) is 0. The number of hydrogen-bond acceptors (Lipinski definition) is 5. The van der Waals surface area contributed by atoms with Crippen LogP contribution >= 0.6 is 11.8 Å². The topological polar surface area (TPSA) is 71.3 Å². The number of carbonyl (C=O) groups excluding carboxylic acids is 1. The van der Waals surface area contributed by atoms with Crippen LogP contribution in [-0.4, -0.2) is 25.3 Å². The molecule has 1 amide bonds. The fraction of sp³-hybridized carbons (Fsp3) is 0.400. The van der Waals surface area contributed by atoms with Crippen molar-refractivity contribution in [2.24, 2.45) is 0 Å². The van der Waals surface area contributed by atoms with Crippen molar-refractivity contribution in [1.29, 1.82) is 0 Å². The van der Waals surface area contributed by atoms with E-state index < -0.39 is 5.63 Å². The van der Waals surface area contributed by atoms with Gasteiger partial charge < -0.3 is 15.1 Å². The van der Waals surface area contributed by atoms with Crippen molar-refractivity contribution in [1.82, 2.24) is 10.6 Å². The van der Waals surface area contributed by atoms with Crippen LogP contribution in [0.2, 0.25) is 0 Å². The molecular weight excluding hydrogens is 348 g/mol. The van der Waals surface area contributed by atoms with E-state index in [2.05, 4.69) is 10.6 Å². The van der Waals surface area contributed by atoms with Gasteiger partial charge in [0.1, 0.15) is 11.3 Å². The molecule has 1 aliphatic heterocycles. The zero-order chi connectivity index (χ0) is 18.5. The molecule has 2 aromatic rings. The van der Waals surface area contributed by atoms with Crippen molar-refractivity contribution in [2.75, 3.05) is 19.3 Å². The number of thioether (sulfide) groups is 1. The Hall–Kier alpha value is -2.05. The van der Waals surface area contributed by atoms with Crippen LogP contribution in [0.5, 0.6) is 0 Å². The summed E-state index contributed by atoms with van der Waals surface area (Å²) in [6.45, 7) is 3.97. The Balaban J connectivity index is 1.73. The zero-order valence-electron chi connectivity index (χ0n) is 15.1. The Morgan fingerprint density at radius 2 is 2.23 bits per heavy atom. The van der Waals surface area contributed by atoms with E-state index in [0.717, 1.165) is 36.4 Å². The molecule has 1 aromatic heterocycles. The lowest BCUT2D eigenvalue weighted by molar-refractivity contribution is 0.0945. The number of carbonyl (C=O) groups is 1. The first-order chi connectivity index (χ1) is 12.6. The van der Waals surface area contributed by atoms with Crippen molar-refractivity contribution in [3.05, 3.63) is 63.2 Å². The summed E-state index contributed by atoms with van der Waals surface area (Å²) in [5, 5.41) is 6.14. The molecule has 26 heavy (non-hydrogen) atoms. The molecule has 1 aliphatic rings. The van der Waals surface area contributed by atoms with Gasteiger partial charge in [-0.05, 0) is 61.9 Å². The first-order valence-corrected chi connectivity index (χ1v) is 10.1. The highest BCUT2D eigenvalue weighted by molar-refractivity contribution is 7.98. The average Bonchev–Trinajstić information content (AvgIpc) is 2.66. The summed E-state index contributed by atoms with van der Waals surface area (Å²) in [6, 6.07) is 9.80. The SMILES string of the molecule is CSc1cccc(CNC(=O)c2c(C)cc(C3CCCNC3)oc2=O)c1. The number of benzene rings is 1. The third kappa shape index (κ3) is 4.37. The predicted molar refractivity (Wildman–Crippen MR) is 104 cm³/mol. The second kappa shape index (κ2) is 8.56. The van der Waals surface area contributed by atoms with Gasteiger partial charge in [-0.3, -0.25) is 4.79 Å². The monoisotopic (exact) mass is 372 g/mol. The van der Waals surface area contributed by atoms with E-state index in [1.165, 1.54) is 0 Å². The summed E-state index contributed by atoms with van der Waals surface area (Å²) in [4.78, 5) is 26.1. The molecule has 0 spiro atoms. The van der Waals surface area contributed by atoms with Gasteiger partial charge in [-0.25, -0.2) is 4.79 Å². The normalized spacial score (nSPS) is 17.1. The summed E-state index contributed by atoms with van der Waals surface area (Å²) in [6.07, 6.45) is 4.06. The summed E-state index contributed by atoms with van der Waals surface area (Å²) in [5.74, 6) is 0.476. The maximum absolute atomic E-state index is 12.5. The number of piperidine rings is 1. The first kappa shape index (κ1) is 18.7. The molecule has 1 unspecified atom stereocenters. The van der Waals surface area contributed by atoms with Crippen LogP contribution in [0.4, 0.5) is 0 Å². The lowest BCUT2D eigenvalue weighted by Crippen LogP contribution is -2.31. The van der Waals surface area contributed by atoms with Gasteiger partial charge in [0.15, 0.2) is 0 Å². The first-order valence-electron chi connectivity index (χ1n) is 8.85. The number of hydrogen-bond donors (Lipinski definition) is 2. The third-order valence-electron chi connectivity index (χ3n) is 4.68. The fourth-order valence-electron chi connectivity index (χ4n) is 3.25. The van der Waals surface area contributed by atoms with Gasteiger partial charge >= 0.3 is 5.63 Å². The fourth-order valence-corrected chi connectivity index (χ4v) is 3.74. The molecule has 6 heteroatoms. The second-order valence-corrected chi connectivity index (χ2v) is 7.45. The van der Waals surface area contributed by atoms with Crippen LogP contribution in [0.1, 0.15) is 46.0 Å². The van der Waals surface area contributed by atoms with E-state index in [1.54, 1.807) is 18.7 Å². The maximum atomic E-state index is 12.5. The van der Waals surface area contributed by atoms with Crippen LogP contribution in [0.25, 0.3) is 0 Å². The largest absolute Gasteiger partial charge is 0.427 e. The van der Waals surface area contributed by atoms with E-state index in [4.69, 9.17) is 4.42 Å². The highest BCUT2D eigenvalue weighted by Gasteiger charge is 2.22. The highest BCUT2D eigenvalue weighted by atomic mass is 32.2. The average molecular weight is 372 g/mol. The number of rotatable bonds is 5. The van der Waals surface area contributed by atoms with Crippen molar-refractivity contribution in [2.45, 2.75) is 37.1 Å². The number of amides is 1. The lowest BCUT2D eigenvalue weighted by Gasteiger charge is -2.22. The van der Waals surface area contributed by atoms with Gasteiger partial charge in [0.25, 0.3) is 5.91 Å².